The largest absolute Gasteiger partial charge is 0.356 e. The molecule has 37 heavy (non-hydrogen) atoms. The molecule has 0 atom stereocenters. The van der Waals surface area contributed by atoms with Crippen LogP contribution in [0.3, 0.4) is 0 Å². The number of halogens is 3. The molecule has 0 spiro atoms. The van der Waals surface area contributed by atoms with E-state index >= 15 is 0 Å². The molecule has 0 saturated carbocycles. The quantitative estimate of drug-likeness (QED) is 0.0459. The van der Waals surface area contributed by atoms with Crippen LogP contribution in [-0.4, -0.2) is 34.5 Å². The number of benzene rings is 1. The fraction of sp³-hybridized carbons (Fsp3) is 0.429. The van der Waals surface area contributed by atoms with Gasteiger partial charge in [0.1, 0.15) is 0 Å². The Kier molecular flexibility index (Phi) is 30.9. The summed E-state index contributed by atoms with van der Waals surface area (Å²) in [4.78, 5) is 15.2. The number of rotatable bonds is 12. The van der Waals surface area contributed by atoms with E-state index in [-0.39, 0.29) is 11.8 Å². The predicted octanol–water partition coefficient (Wildman–Crippen LogP) is 7.70. The van der Waals surface area contributed by atoms with Crippen molar-refractivity contribution < 1.29 is 8.23 Å². The molecule has 4 N–H and O–H groups in total. The van der Waals surface area contributed by atoms with Gasteiger partial charge in [0.05, 0.1) is 0 Å². The molecule has 6 nitrogen and oxygen atoms in total. The van der Waals surface area contributed by atoms with Crippen molar-refractivity contribution in [1.29, 1.82) is 0 Å². The summed E-state index contributed by atoms with van der Waals surface area (Å²) in [5, 5.41) is 6.64. The number of aliphatic imine (C=N–C) groups is 1. The second-order valence-corrected chi connectivity index (χ2v) is 10.8. The summed E-state index contributed by atoms with van der Waals surface area (Å²) >= 11 is 8.62. The summed E-state index contributed by atoms with van der Waals surface area (Å²) in [6.07, 6.45) is 9.49. The fourth-order valence-electron chi connectivity index (χ4n) is 1.97. The third-order valence-electron chi connectivity index (χ3n) is 3.73. The van der Waals surface area contributed by atoms with Crippen LogP contribution >= 0.6 is 43.7 Å². The molecule has 0 radical (unpaired) electrons. The Morgan fingerprint density at radius 3 is 2.30 bits per heavy atom. The normalized spacial score (nSPS) is 10.8. The van der Waals surface area contributed by atoms with Gasteiger partial charge in [0.15, 0.2) is 0 Å². The van der Waals surface area contributed by atoms with Gasteiger partial charge in [-0.2, -0.15) is 0 Å². The van der Waals surface area contributed by atoms with Gasteiger partial charge in [0.2, 0.25) is 5.91 Å². The Hall–Kier alpha value is -1.81. The Bertz CT molecular complexity index is 828. The topological polar surface area (TPSA) is 85.8 Å². The van der Waals surface area contributed by atoms with E-state index in [1.165, 1.54) is 0 Å². The number of nitrogens with zero attached hydrogens (tertiary/aromatic N) is 1. The zero-order chi connectivity index (χ0) is 29.1. The molecular formula is C28H47Cl2IN4O2. The molecule has 1 aromatic carbocycles. The van der Waals surface area contributed by atoms with Gasteiger partial charge < -0.3 is 5.32 Å². The van der Waals surface area contributed by atoms with E-state index < -0.39 is 20.5 Å². The second kappa shape index (κ2) is 28.8. The van der Waals surface area contributed by atoms with Crippen LogP contribution in [0, 0.1) is 12.8 Å². The number of carbonyl (C=O) groups is 1. The first kappa shape index (κ1) is 39.7. The number of allylic oxidation sites excluding steroid dienone is 3. The van der Waals surface area contributed by atoms with Crippen molar-refractivity contribution in [2.24, 2.45) is 10.9 Å². The zero-order valence-corrected chi connectivity index (χ0v) is 27.1. The first-order valence-electron chi connectivity index (χ1n) is 12.3. The van der Waals surface area contributed by atoms with Crippen molar-refractivity contribution in [2.45, 2.75) is 54.9 Å². The monoisotopic (exact) mass is 668 g/mol. The molecule has 0 bridgehead atoms. The molecule has 1 aromatic rings. The van der Waals surface area contributed by atoms with Crippen LogP contribution in [0.2, 0.25) is 5.02 Å². The third-order valence-corrected chi connectivity index (χ3v) is 6.36. The van der Waals surface area contributed by atoms with Crippen LogP contribution in [0.1, 0.15) is 59.1 Å². The molecule has 1 amide bonds. The van der Waals surface area contributed by atoms with Crippen LogP contribution in [0.15, 0.2) is 70.7 Å². The van der Waals surface area contributed by atoms with Crippen LogP contribution in [0.5, 0.6) is 0 Å². The Morgan fingerprint density at radius 2 is 1.84 bits per heavy atom. The van der Waals surface area contributed by atoms with Crippen LogP contribution in [0.4, 0.5) is 0 Å². The van der Waals surface area contributed by atoms with Crippen molar-refractivity contribution in [3.8, 4) is 0 Å². The summed E-state index contributed by atoms with van der Waals surface area (Å²) in [6.45, 7) is 22.3. The first-order chi connectivity index (χ1) is 17.7. The van der Waals surface area contributed by atoms with Crippen molar-refractivity contribution in [2.75, 3.05) is 19.0 Å². The molecular weight excluding hydrogens is 622 g/mol. The van der Waals surface area contributed by atoms with E-state index in [1.807, 2.05) is 66.7 Å². The first-order valence-corrected chi connectivity index (χ1v) is 16.5. The Balaban J connectivity index is -0.000000636. The average Bonchev–Trinajstić information content (AvgIpc) is 2.88. The van der Waals surface area contributed by atoms with Crippen LogP contribution < -0.4 is 14.2 Å². The molecule has 0 heterocycles. The number of alkyl halides is 1. The van der Waals surface area contributed by atoms with E-state index in [1.54, 1.807) is 34.7 Å². The summed E-state index contributed by atoms with van der Waals surface area (Å²) in [7, 11) is 0. The number of carbonyl (C=O) groups excluding carboxylic acids is 1. The van der Waals surface area contributed by atoms with Crippen molar-refractivity contribution in [1.82, 2.24) is 14.2 Å². The number of aryl methyl sites for hydroxylation is 1. The van der Waals surface area contributed by atoms with Gasteiger partial charge >= 0.3 is 145 Å². The standard InChI is InChI=1S/C16H21ClIN3O.C7H15NO.C3H5Cl.C2H6/c1-4-6-9-21-18(22)11-16(19-5-2)20-12-14-7-8-15(17)10-13(14)3;1-4-5-8-7(9)6(2)3;1-2-3-4;1-2/h4,6-12,19,21-22H,1,5H2,2-3H3;6H,4-5H2,1-3H3,(H,8,9);2H,1,3H2;1-2H3/b9-6+,16-11-,20-12+;;;. The molecule has 0 aliphatic rings. The average molecular weight is 670 g/mol. The second-order valence-electron chi connectivity index (χ2n) is 7.17. The van der Waals surface area contributed by atoms with E-state index in [0.29, 0.717) is 16.7 Å². The van der Waals surface area contributed by atoms with Crippen molar-refractivity contribution >= 4 is 55.8 Å². The number of hydrogen-bond donors (Lipinski definition) is 4. The summed E-state index contributed by atoms with van der Waals surface area (Å²) in [5.41, 5.74) is 2.05. The van der Waals surface area contributed by atoms with Crippen molar-refractivity contribution in [3.05, 3.63) is 81.8 Å². The summed E-state index contributed by atoms with van der Waals surface area (Å²) in [5.74, 6) is 1.48. The molecule has 0 unspecified atom stereocenters. The molecule has 9 heteroatoms. The number of hydrogen-bond acceptors (Lipinski definition) is 5. The van der Waals surface area contributed by atoms with E-state index in [0.717, 1.165) is 30.6 Å². The van der Waals surface area contributed by atoms with Gasteiger partial charge in [-0.1, -0.05) is 40.7 Å². The SMILES string of the molecule is C=C/C=C/NI(O)/C=C(\N=C\c1ccc(Cl)cc1C)NCC.C=CCCl.CC.CCCNC(=O)C(C)C. The van der Waals surface area contributed by atoms with Gasteiger partial charge in [-0.15, -0.1) is 18.2 Å². The smallest absolute Gasteiger partial charge is 0.222 e. The molecule has 1 rings (SSSR count). The molecule has 212 valence electrons. The number of nitrogens with one attached hydrogen (secondary N) is 3. The minimum Gasteiger partial charge on any atom is -0.356 e. The predicted molar refractivity (Wildman–Crippen MR) is 175 cm³/mol. The van der Waals surface area contributed by atoms with Gasteiger partial charge in [-0.25, -0.2) is 0 Å². The molecule has 0 aromatic heterocycles. The molecule has 0 fully saturated rings. The minimum atomic E-state index is -2.39. The Labute approximate surface area is 243 Å². The summed E-state index contributed by atoms with van der Waals surface area (Å²) in [6, 6.07) is 5.65. The van der Waals surface area contributed by atoms with E-state index in [2.05, 4.69) is 32.3 Å². The maximum absolute atomic E-state index is 10.8. The van der Waals surface area contributed by atoms with Crippen LogP contribution in [-0.2, 0) is 4.79 Å². The van der Waals surface area contributed by atoms with E-state index in [9.17, 15) is 8.23 Å². The summed E-state index contributed by atoms with van der Waals surface area (Å²) < 4.78 is 14.7. The molecule has 0 saturated heterocycles. The molecule has 0 aliphatic carbocycles. The van der Waals surface area contributed by atoms with Crippen LogP contribution in [0.25, 0.3) is 0 Å². The van der Waals surface area contributed by atoms with Gasteiger partial charge in [0, 0.05) is 18.3 Å². The zero-order valence-electron chi connectivity index (χ0n) is 23.5. The minimum absolute atomic E-state index is 0.122. The van der Waals surface area contributed by atoms with Crippen molar-refractivity contribution in [3.63, 3.8) is 0 Å². The molecule has 0 aliphatic heterocycles. The number of amides is 1. The fourth-order valence-corrected chi connectivity index (χ4v) is 3.89. The van der Waals surface area contributed by atoms with E-state index in [4.69, 9.17) is 23.2 Å². The third kappa shape index (κ3) is 25.6. The van der Waals surface area contributed by atoms with Gasteiger partial charge in [0.25, 0.3) is 0 Å². The van der Waals surface area contributed by atoms with Gasteiger partial charge in [-0.3, -0.25) is 4.79 Å². The van der Waals surface area contributed by atoms with Gasteiger partial charge in [-0.05, 0) is 6.42 Å². The maximum atomic E-state index is 10.8. The maximum Gasteiger partial charge on any atom is 0.222 e. The Morgan fingerprint density at radius 1 is 1.22 bits per heavy atom.